The molecule has 1 aromatic rings. The summed E-state index contributed by atoms with van der Waals surface area (Å²) in [5.74, 6) is 0.776. The van der Waals surface area contributed by atoms with Gasteiger partial charge in [-0.05, 0) is 57.1 Å². The van der Waals surface area contributed by atoms with E-state index in [1.807, 2.05) is 24.3 Å². The minimum Gasteiger partial charge on any atom is -0.381 e. The lowest BCUT2D eigenvalue weighted by atomic mass is 9.77. The molecule has 1 N–H and O–H groups in total. The largest absolute Gasteiger partial charge is 0.381 e. The second-order valence-electron chi connectivity index (χ2n) is 6.14. The van der Waals surface area contributed by atoms with Crippen LogP contribution in [-0.4, -0.2) is 19.1 Å². The van der Waals surface area contributed by atoms with Gasteiger partial charge in [0, 0.05) is 18.7 Å². The number of hydrogen-bond donors (Lipinski definition) is 1. The second-order valence-corrected chi connectivity index (χ2v) is 6.14. The van der Waals surface area contributed by atoms with Crippen molar-refractivity contribution in [2.24, 2.45) is 11.8 Å². The van der Waals surface area contributed by atoms with Crippen molar-refractivity contribution in [1.29, 1.82) is 0 Å². The summed E-state index contributed by atoms with van der Waals surface area (Å²) < 4.78 is 5.42. The van der Waals surface area contributed by atoms with Crippen LogP contribution in [0, 0.1) is 18.8 Å². The molecule has 1 aliphatic rings. The number of rotatable bonds is 5. The van der Waals surface area contributed by atoms with Gasteiger partial charge in [0.05, 0.1) is 6.10 Å². The van der Waals surface area contributed by atoms with Gasteiger partial charge in [-0.25, -0.2) is 0 Å². The molecule has 0 aliphatic heterocycles. The van der Waals surface area contributed by atoms with E-state index in [9.17, 15) is 4.79 Å². The van der Waals surface area contributed by atoms with E-state index in [0.29, 0.717) is 12.0 Å². The van der Waals surface area contributed by atoms with Gasteiger partial charge < -0.3 is 10.1 Å². The summed E-state index contributed by atoms with van der Waals surface area (Å²) in [5, 5.41) is 3.07. The third-order valence-electron chi connectivity index (χ3n) is 4.72. The minimum atomic E-state index is 0.115. The van der Waals surface area contributed by atoms with Crippen LogP contribution < -0.4 is 5.32 Å². The summed E-state index contributed by atoms with van der Waals surface area (Å²) in [5.41, 5.74) is 2.10. The van der Waals surface area contributed by atoms with E-state index in [0.717, 1.165) is 37.8 Å². The molecular weight excluding hydrogens is 262 g/mol. The number of carbonyl (C=O) groups is 1. The normalized spacial score (nSPS) is 23.6. The van der Waals surface area contributed by atoms with Crippen LogP contribution in [0.4, 0.5) is 5.69 Å². The van der Waals surface area contributed by atoms with Gasteiger partial charge in [-0.3, -0.25) is 4.79 Å². The smallest absolute Gasteiger partial charge is 0.227 e. The van der Waals surface area contributed by atoms with Crippen LogP contribution >= 0.6 is 0 Å². The Morgan fingerprint density at radius 1 is 1.24 bits per heavy atom. The van der Waals surface area contributed by atoms with Crippen LogP contribution in [0.1, 0.15) is 44.6 Å². The zero-order valence-corrected chi connectivity index (χ0v) is 13.4. The van der Waals surface area contributed by atoms with E-state index in [1.54, 1.807) is 7.11 Å². The van der Waals surface area contributed by atoms with Gasteiger partial charge in [-0.1, -0.05) is 24.6 Å². The molecule has 0 aromatic heterocycles. The second kappa shape index (κ2) is 7.60. The standard InChI is InChI=1S/C18H27NO2/c1-4-17(14-7-11-16(21-3)12-8-14)18(20)19-15-9-5-13(2)6-10-15/h5-6,9-10,14,16-17H,4,7-8,11-12H2,1-3H3,(H,19,20). The van der Waals surface area contributed by atoms with Crippen LogP contribution in [0.2, 0.25) is 0 Å². The summed E-state index contributed by atoms with van der Waals surface area (Å²) in [6, 6.07) is 8.00. The highest BCUT2D eigenvalue weighted by Gasteiger charge is 2.30. The van der Waals surface area contributed by atoms with Gasteiger partial charge in [0.25, 0.3) is 0 Å². The first-order chi connectivity index (χ1) is 10.1. The number of aryl methyl sites for hydroxylation is 1. The SMILES string of the molecule is CCC(C(=O)Nc1ccc(C)cc1)C1CCC(OC)CC1. The maximum atomic E-state index is 12.5. The fraction of sp³-hybridized carbons (Fsp3) is 0.611. The van der Waals surface area contributed by atoms with Gasteiger partial charge in [-0.2, -0.15) is 0 Å². The minimum absolute atomic E-state index is 0.115. The first-order valence-electron chi connectivity index (χ1n) is 8.04. The van der Waals surface area contributed by atoms with Crippen LogP contribution in [-0.2, 0) is 9.53 Å². The fourth-order valence-corrected chi connectivity index (χ4v) is 3.33. The molecule has 0 bridgehead atoms. The van der Waals surface area contributed by atoms with E-state index in [4.69, 9.17) is 4.74 Å². The predicted molar refractivity (Wildman–Crippen MR) is 86.3 cm³/mol. The molecule has 1 aromatic carbocycles. The molecule has 1 amide bonds. The van der Waals surface area contributed by atoms with E-state index in [-0.39, 0.29) is 11.8 Å². The van der Waals surface area contributed by atoms with E-state index < -0.39 is 0 Å². The Morgan fingerprint density at radius 2 is 1.86 bits per heavy atom. The van der Waals surface area contributed by atoms with Crippen molar-refractivity contribution in [3.63, 3.8) is 0 Å². The Balaban J connectivity index is 1.94. The molecule has 2 rings (SSSR count). The lowest BCUT2D eigenvalue weighted by Gasteiger charge is -2.32. The Morgan fingerprint density at radius 3 is 2.38 bits per heavy atom. The number of amides is 1. The molecule has 0 spiro atoms. The monoisotopic (exact) mass is 289 g/mol. The average molecular weight is 289 g/mol. The quantitative estimate of drug-likeness (QED) is 0.883. The Kier molecular flexibility index (Phi) is 5.80. The third kappa shape index (κ3) is 4.31. The molecule has 3 heteroatoms. The first-order valence-corrected chi connectivity index (χ1v) is 8.04. The molecule has 3 nitrogen and oxygen atoms in total. The van der Waals surface area contributed by atoms with Crippen molar-refractivity contribution in [2.45, 2.75) is 52.1 Å². The van der Waals surface area contributed by atoms with Crippen molar-refractivity contribution < 1.29 is 9.53 Å². The molecule has 1 atom stereocenters. The van der Waals surface area contributed by atoms with Crippen LogP contribution in [0.5, 0.6) is 0 Å². The number of nitrogens with one attached hydrogen (secondary N) is 1. The van der Waals surface area contributed by atoms with Gasteiger partial charge >= 0.3 is 0 Å². The molecule has 0 radical (unpaired) electrons. The Bertz CT molecular complexity index is 447. The third-order valence-corrected chi connectivity index (χ3v) is 4.72. The van der Waals surface area contributed by atoms with Crippen molar-refractivity contribution in [2.75, 3.05) is 12.4 Å². The van der Waals surface area contributed by atoms with Gasteiger partial charge in [0.1, 0.15) is 0 Å². The maximum absolute atomic E-state index is 12.5. The van der Waals surface area contributed by atoms with Gasteiger partial charge in [-0.15, -0.1) is 0 Å². The molecular formula is C18H27NO2. The van der Waals surface area contributed by atoms with E-state index in [2.05, 4.69) is 19.2 Å². The van der Waals surface area contributed by atoms with Gasteiger partial charge in [0.2, 0.25) is 5.91 Å². The van der Waals surface area contributed by atoms with Crippen molar-refractivity contribution in [1.82, 2.24) is 0 Å². The van der Waals surface area contributed by atoms with Crippen molar-refractivity contribution in [3.8, 4) is 0 Å². The highest BCUT2D eigenvalue weighted by Crippen LogP contribution is 2.33. The first kappa shape index (κ1) is 16.0. The van der Waals surface area contributed by atoms with Crippen molar-refractivity contribution in [3.05, 3.63) is 29.8 Å². The average Bonchev–Trinajstić information content (AvgIpc) is 2.51. The zero-order valence-electron chi connectivity index (χ0n) is 13.4. The van der Waals surface area contributed by atoms with Gasteiger partial charge in [0.15, 0.2) is 0 Å². The molecule has 1 fully saturated rings. The number of carbonyl (C=O) groups excluding carboxylic acids is 1. The predicted octanol–water partition coefficient (Wildman–Crippen LogP) is 4.16. The van der Waals surface area contributed by atoms with Crippen LogP contribution in [0.3, 0.4) is 0 Å². The maximum Gasteiger partial charge on any atom is 0.227 e. The number of benzene rings is 1. The molecule has 1 unspecified atom stereocenters. The molecule has 1 aliphatic carbocycles. The Labute approximate surface area is 128 Å². The van der Waals surface area contributed by atoms with Crippen LogP contribution in [0.25, 0.3) is 0 Å². The lowest BCUT2D eigenvalue weighted by Crippen LogP contribution is -2.32. The fourth-order valence-electron chi connectivity index (χ4n) is 3.33. The van der Waals surface area contributed by atoms with E-state index in [1.165, 1.54) is 5.56 Å². The molecule has 21 heavy (non-hydrogen) atoms. The summed E-state index contributed by atoms with van der Waals surface area (Å²) in [6.07, 6.45) is 5.64. The molecule has 1 saturated carbocycles. The van der Waals surface area contributed by atoms with Crippen molar-refractivity contribution >= 4 is 11.6 Å². The molecule has 0 heterocycles. The summed E-state index contributed by atoms with van der Waals surface area (Å²) in [7, 11) is 1.78. The lowest BCUT2D eigenvalue weighted by molar-refractivity contribution is -0.122. The summed E-state index contributed by atoms with van der Waals surface area (Å²) >= 11 is 0. The number of methoxy groups -OCH3 is 1. The summed E-state index contributed by atoms with van der Waals surface area (Å²) in [6.45, 7) is 4.16. The zero-order chi connectivity index (χ0) is 15.2. The highest BCUT2D eigenvalue weighted by molar-refractivity contribution is 5.92. The van der Waals surface area contributed by atoms with Crippen LogP contribution in [0.15, 0.2) is 24.3 Å². The number of anilines is 1. The Hall–Kier alpha value is -1.35. The summed E-state index contributed by atoms with van der Waals surface area (Å²) in [4.78, 5) is 12.5. The number of ether oxygens (including phenoxy) is 1. The highest BCUT2D eigenvalue weighted by atomic mass is 16.5. The molecule has 0 saturated heterocycles. The number of hydrogen-bond acceptors (Lipinski definition) is 2. The topological polar surface area (TPSA) is 38.3 Å². The van der Waals surface area contributed by atoms with E-state index >= 15 is 0 Å². The molecule has 116 valence electrons.